The van der Waals surface area contributed by atoms with Crippen molar-refractivity contribution >= 4 is 18.2 Å². The number of carbonyl (C=O) groups is 1. The molecule has 2 aromatic rings. The molecular weight excluding hydrogens is 248 g/mol. The summed E-state index contributed by atoms with van der Waals surface area (Å²) in [5.74, 6) is -0.435. The summed E-state index contributed by atoms with van der Waals surface area (Å²) in [4.78, 5) is 17.4. The summed E-state index contributed by atoms with van der Waals surface area (Å²) in [5, 5.41) is 0. The predicted octanol–water partition coefficient (Wildman–Crippen LogP) is 3.14. The molecule has 0 bridgehead atoms. The second kappa shape index (κ2) is 4.78. The number of aromatic nitrogens is 2. The number of hydrogen-bond acceptors (Lipinski definition) is 3. The molecule has 0 amide bonds. The van der Waals surface area contributed by atoms with Gasteiger partial charge in [-0.05, 0) is 43.3 Å². The van der Waals surface area contributed by atoms with Crippen molar-refractivity contribution in [1.82, 2.24) is 9.97 Å². The number of nitrogens with one attached hydrogen (secondary N) is 2. The van der Waals surface area contributed by atoms with Gasteiger partial charge in [-0.15, -0.1) is 0 Å². The van der Waals surface area contributed by atoms with Crippen LogP contribution in [0, 0.1) is 18.6 Å². The number of H-pyrrole nitrogens is 2. The van der Waals surface area contributed by atoms with Crippen LogP contribution >= 0.6 is 12.2 Å². The fraction of sp³-hybridized carbons (Fsp3) is 0.231. The van der Waals surface area contributed by atoms with Crippen LogP contribution in [0.3, 0.4) is 0 Å². The Morgan fingerprint density at radius 1 is 1.22 bits per heavy atom. The minimum absolute atomic E-state index is 0.353. The van der Waals surface area contributed by atoms with Crippen LogP contribution in [-0.4, -0.2) is 23.0 Å². The van der Waals surface area contributed by atoms with E-state index in [-0.39, 0.29) is 0 Å². The Hall–Kier alpha value is -1.88. The Balaban J connectivity index is 2.59. The first kappa shape index (κ1) is 12.6. The monoisotopic (exact) mass is 262 g/mol. The second-order valence-corrected chi connectivity index (χ2v) is 4.53. The number of ether oxygens (including phenoxy) is 1. The molecule has 1 heterocycles. The maximum Gasteiger partial charge on any atom is 0.356 e. The highest BCUT2D eigenvalue weighted by Gasteiger charge is 2.16. The van der Waals surface area contributed by atoms with Gasteiger partial charge in [-0.1, -0.05) is 12.1 Å². The minimum atomic E-state index is -0.435. The van der Waals surface area contributed by atoms with Crippen LogP contribution in [0.1, 0.15) is 21.6 Å². The van der Waals surface area contributed by atoms with E-state index in [0.717, 1.165) is 11.1 Å². The molecule has 0 atom stereocenters. The highest BCUT2D eigenvalue weighted by molar-refractivity contribution is 7.71. The normalized spacial score (nSPS) is 10.4. The minimum Gasteiger partial charge on any atom is -0.464 e. The molecule has 18 heavy (non-hydrogen) atoms. The quantitative estimate of drug-likeness (QED) is 0.645. The molecule has 1 aromatic heterocycles. The third-order valence-corrected chi connectivity index (χ3v) is 3.12. The van der Waals surface area contributed by atoms with Crippen LogP contribution < -0.4 is 0 Å². The third kappa shape index (κ3) is 2.22. The van der Waals surface area contributed by atoms with Gasteiger partial charge in [0.2, 0.25) is 0 Å². The van der Waals surface area contributed by atoms with E-state index < -0.39 is 5.97 Å². The lowest BCUT2D eigenvalue weighted by molar-refractivity contribution is 0.0595. The smallest absolute Gasteiger partial charge is 0.356 e. The zero-order chi connectivity index (χ0) is 13.3. The van der Waals surface area contributed by atoms with Gasteiger partial charge in [-0.3, -0.25) is 0 Å². The molecule has 0 aliphatic heterocycles. The molecule has 0 unspecified atom stereocenters. The number of aryl methyl sites for hydroxylation is 2. The summed E-state index contributed by atoms with van der Waals surface area (Å²) >= 11 is 5.03. The summed E-state index contributed by atoms with van der Waals surface area (Å²) in [6, 6.07) is 5.97. The van der Waals surface area contributed by atoms with Gasteiger partial charge in [-0.25, -0.2) is 4.79 Å². The summed E-state index contributed by atoms with van der Waals surface area (Å²) < 4.78 is 5.14. The Morgan fingerprint density at radius 3 is 2.56 bits per heavy atom. The summed E-state index contributed by atoms with van der Waals surface area (Å²) in [6.45, 7) is 4.07. The SMILES string of the molecule is COC(=O)c1[nH]c(=S)[nH]c1-c1ccc(C)c(C)c1. The molecule has 0 saturated heterocycles. The van der Waals surface area contributed by atoms with Crippen molar-refractivity contribution in [3.05, 3.63) is 39.8 Å². The van der Waals surface area contributed by atoms with Crippen molar-refractivity contribution in [2.24, 2.45) is 0 Å². The van der Waals surface area contributed by atoms with Gasteiger partial charge in [0.05, 0.1) is 12.8 Å². The van der Waals surface area contributed by atoms with E-state index in [2.05, 4.69) is 9.97 Å². The molecule has 94 valence electrons. The number of imidazole rings is 1. The van der Waals surface area contributed by atoms with Gasteiger partial charge in [0.25, 0.3) is 0 Å². The number of rotatable bonds is 2. The Bertz CT molecular complexity index is 655. The molecule has 0 radical (unpaired) electrons. The zero-order valence-electron chi connectivity index (χ0n) is 10.5. The first-order valence-electron chi connectivity index (χ1n) is 5.51. The van der Waals surface area contributed by atoms with Crippen molar-refractivity contribution in [3.63, 3.8) is 0 Å². The highest BCUT2D eigenvalue weighted by Crippen LogP contribution is 2.23. The molecule has 0 saturated carbocycles. The fourth-order valence-corrected chi connectivity index (χ4v) is 1.96. The average Bonchev–Trinajstić information content (AvgIpc) is 2.74. The number of methoxy groups -OCH3 is 1. The maximum atomic E-state index is 11.7. The molecule has 0 aliphatic carbocycles. The van der Waals surface area contributed by atoms with Crippen LogP contribution in [0.2, 0.25) is 0 Å². The number of hydrogen-bond donors (Lipinski definition) is 2. The fourth-order valence-electron chi connectivity index (χ4n) is 1.75. The van der Waals surface area contributed by atoms with Gasteiger partial charge < -0.3 is 14.7 Å². The number of aromatic amines is 2. The van der Waals surface area contributed by atoms with Crippen LogP contribution in [0.5, 0.6) is 0 Å². The van der Waals surface area contributed by atoms with Gasteiger partial charge in [0.15, 0.2) is 10.5 Å². The first-order chi connectivity index (χ1) is 8.52. The number of esters is 1. The summed E-state index contributed by atoms with van der Waals surface area (Å²) in [6.07, 6.45) is 0. The summed E-state index contributed by atoms with van der Waals surface area (Å²) in [5.41, 5.74) is 4.28. The van der Waals surface area contributed by atoms with E-state index in [1.54, 1.807) is 0 Å². The van der Waals surface area contributed by atoms with E-state index in [0.29, 0.717) is 16.2 Å². The molecule has 0 aliphatic rings. The third-order valence-electron chi connectivity index (χ3n) is 2.91. The Kier molecular flexibility index (Phi) is 3.34. The first-order valence-corrected chi connectivity index (χ1v) is 5.92. The molecule has 0 spiro atoms. The average molecular weight is 262 g/mol. The molecule has 2 rings (SSSR count). The van der Waals surface area contributed by atoms with Crippen LogP contribution in [-0.2, 0) is 4.74 Å². The molecule has 4 nitrogen and oxygen atoms in total. The second-order valence-electron chi connectivity index (χ2n) is 4.12. The van der Waals surface area contributed by atoms with Gasteiger partial charge in [-0.2, -0.15) is 0 Å². The largest absolute Gasteiger partial charge is 0.464 e. The zero-order valence-corrected chi connectivity index (χ0v) is 11.3. The Labute approximate surface area is 110 Å². The van der Waals surface area contributed by atoms with Crippen molar-refractivity contribution in [2.75, 3.05) is 7.11 Å². The lowest BCUT2D eigenvalue weighted by atomic mass is 10.0. The molecular formula is C13H14N2O2S. The van der Waals surface area contributed by atoms with Gasteiger partial charge in [0.1, 0.15) is 0 Å². The van der Waals surface area contributed by atoms with E-state index in [4.69, 9.17) is 17.0 Å². The van der Waals surface area contributed by atoms with E-state index in [1.165, 1.54) is 12.7 Å². The van der Waals surface area contributed by atoms with Crippen molar-refractivity contribution in [2.45, 2.75) is 13.8 Å². The maximum absolute atomic E-state index is 11.7. The van der Waals surface area contributed by atoms with Crippen LogP contribution in [0.15, 0.2) is 18.2 Å². The van der Waals surface area contributed by atoms with Crippen LogP contribution in [0.25, 0.3) is 11.3 Å². The van der Waals surface area contributed by atoms with Crippen molar-refractivity contribution in [1.29, 1.82) is 0 Å². The molecule has 5 heteroatoms. The summed E-state index contributed by atoms with van der Waals surface area (Å²) in [7, 11) is 1.34. The van der Waals surface area contributed by atoms with E-state index in [1.807, 2.05) is 32.0 Å². The van der Waals surface area contributed by atoms with Gasteiger partial charge in [0, 0.05) is 5.56 Å². The Morgan fingerprint density at radius 2 is 1.94 bits per heavy atom. The van der Waals surface area contributed by atoms with Gasteiger partial charge >= 0.3 is 5.97 Å². The number of carbonyl (C=O) groups excluding carboxylic acids is 1. The number of benzene rings is 1. The predicted molar refractivity (Wildman–Crippen MR) is 72.2 cm³/mol. The molecule has 2 N–H and O–H groups in total. The topological polar surface area (TPSA) is 57.9 Å². The standard InChI is InChI=1S/C13H14N2O2S/c1-7-4-5-9(6-8(7)2)10-11(12(16)17-3)15-13(18)14-10/h4-6H,1-3H3,(H2,14,15,18). The van der Waals surface area contributed by atoms with Crippen molar-refractivity contribution < 1.29 is 9.53 Å². The van der Waals surface area contributed by atoms with E-state index in [9.17, 15) is 4.79 Å². The molecule has 1 aromatic carbocycles. The van der Waals surface area contributed by atoms with Crippen molar-refractivity contribution in [3.8, 4) is 11.3 Å². The van der Waals surface area contributed by atoms with E-state index >= 15 is 0 Å². The highest BCUT2D eigenvalue weighted by atomic mass is 32.1. The van der Waals surface area contributed by atoms with Crippen LogP contribution in [0.4, 0.5) is 0 Å². The molecule has 0 fully saturated rings. The lowest BCUT2D eigenvalue weighted by Crippen LogP contribution is -2.03. The lowest BCUT2D eigenvalue weighted by Gasteiger charge is -2.05.